The van der Waals surface area contributed by atoms with Gasteiger partial charge in [-0.15, -0.1) is 11.3 Å². The SMILES string of the molecule is Cc1nc(NC(=O)c2c(C)noc2C)sc1C. The van der Waals surface area contributed by atoms with Gasteiger partial charge in [0.25, 0.3) is 5.91 Å². The Bertz CT molecular complexity index is 532. The number of nitrogens with zero attached hydrogens (tertiary/aromatic N) is 2. The lowest BCUT2D eigenvalue weighted by Crippen LogP contribution is -2.13. The summed E-state index contributed by atoms with van der Waals surface area (Å²) in [5.41, 5.74) is 2.00. The average Bonchev–Trinajstić information content (AvgIpc) is 2.72. The second kappa shape index (κ2) is 4.29. The van der Waals surface area contributed by atoms with Crippen LogP contribution in [-0.4, -0.2) is 16.0 Å². The second-order valence-electron chi connectivity index (χ2n) is 3.81. The first-order valence-electron chi connectivity index (χ1n) is 5.17. The van der Waals surface area contributed by atoms with Gasteiger partial charge < -0.3 is 4.52 Å². The van der Waals surface area contributed by atoms with E-state index < -0.39 is 0 Å². The van der Waals surface area contributed by atoms with Crippen molar-refractivity contribution >= 4 is 22.4 Å². The van der Waals surface area contributed by atoms with E-state index in [-0.39, 0.29) is 5.91 Å². The van der Waals surface area contributed by atoms with Crippen molar-refractivity contribution in [2.45, 2.75) is 27.7 Å². The van der Waals surface area contributed by atoms with Gasteiger partial charge in [0.2, 0.25) is 0 Å². The predicted octanol–water partition coefficient (Wildman–Crippen LogP) is 2.62. The highest BCUT2D eigenvalue weighted by Gasteiger charge is 2.18. The monoisotopic (exact) mass is 251 g/mol. The van der Waals surface area contributed by atoms with Crippen molar-refractivity contribution in [3.05, 3.63) is 27.6 Å². The lowest BCUT2D eigenvalue weighted by atomic mass is 10.2. The summed E-state index contributed by atoms with van der Waals surface area (Å²) < 4.78 is 4.96. The summed E-state index contributed by atoms with van der Waals surface area (Å²) >= 11 is 1.46. The lowest BCUT2D eigenvalue weighted by Gasteiger charge is -1.99. The van der Waals surface area contributed by atoms with E-state index in [2.05, 4.69) is 15.5 Å². The Hall–Kier alpha value is -1.69. The molecule has 2 heterocycles. The molecule has 90 valence electrons. The zero-order chi connectivity index (χ0) is 12.6. The molecule has 0 aromatic carbocycles. The molecule has 0 spiro atoms. The third-order valence-corrected chi connectivity index (χ3v) is 3.50. The van der Waals surface area contributed by atoms with E-state index in [1.807, 2.05) is 13.8 Å². The number of rotatable bonds is 2. The maximum absolute atomic E-state index is 12.0. The van der Waals surface area contributed by atoms with Crippen molar-refractivity contribution in [2.24, 2.45) is 0 Å². The fourth-order valence-corrected chi connectivity index (χ4v) is 2.30. The number of carbonyl (C=O) groups is 1. The number of carbonyl (C=O) groups excluding carboxylic acids is 1. The Kier molecular flexibility index (Phi) is 2.97. The van der Waals surface area contributed by atoms with Crippen LogP contribution in [0.5, 0.6) is 0 Å². The number of aryl methyl sites for hydroxylation is 4. The van der Waals surface area contributed by atoms with E-state index in [4.69, 9.17) is 4.52 Å². The van der Waals surface area contributed by atoms with Gasteiger partial charge in [0.1, 0.15) is 11.3 Å². The van der Waals surface area contributed by atoms with Gasteiger partial charge >= 0.3 is 0 Å². The van der Waals surface area contributed by atoms with Crippen molar-refractivity contribution in [2.75, 3.05) is 5.32 Å². The van der Waals surface area contributed by atoms with Crippen molar-refractivity contribution in [3.63, 3.8) is 0 Å². The van der Waals surface area contributed by atoms with Gasteiger partial charge in [-0.25, -0.2) is 4.98 Å². The van der Waals surface area contributed by atoms with Gasteiger partial charge in [0.05, 0.1) is 11.4 Å². The van der Waals surface area contributed by atoms with E-state index in [1.54, 1.807) is 13.8 Å². The summed E-state index contributed by atoms with van der Waals surface area (Å²) in [5, 5.41) is 7.11. The van der Waals surface area contributed by atoms with Crippen LogP contribution in [0.4, 0.5) is 5.13 Å². The Morgan fingerprint density at radius 1 is 1.24 bits per heavy atom. The van der Waals surface area contributed by atoms with Gasteiger partial charge in [-0.05, 0) is 27.7 Å². The molecule has 0 aliphatic carbocycles. The summed E-state index contributed by atoms with van der Waals surface area (Å²) in [7, 11) is 0. The summed E-state index contributed by atoms with van der Waals surface area (Å²) in [6.45, 7) is 7.34. The highest BCUT2D eigenvalue weighted by atomic mass is 32.1. The molecule has 0 bridgehead atoms. The fourth-order valence-electron chi connectivity index (χ4n) is 1.49. The quantitative estimate of drug-likeness (QED) is 0.890. The Morgan fingerprint density at radius 3 is 2.41 bits per heavy atom. The van der Waals surface area contributed by atoms with Crippen molar-refractivity contribution in [3.8, 4) is 0 Å². The molecule has 17 heavy (non-hydrogen) atoms. The number of thiazole rings is 1. The van der Waals surface area contributed by atoms with Gasteiger partial charge in [-0.2, -0.15) is 0 Å². The molecule has 5 nitrogen and oxygen atoms in total. The highest BCUT2D eigenvalue weighted by molar-refractivity contribution is 7.15. The maximum atomic E-state index is 12.0. The fraction of sp³-hybridized carbons (Fsp3) is 0.364. The van der Waals surface area contributed by atoms with Gasteiger partial charge in [0.15, 0.2) is 5.13 Å². The number of amides is 1. The van der Waals surface area contributed by atoms with E-state index in [0.717, 1.165) is 10.6 Å². The average molecular weight is 251 g/mol. The number of hydrogen-bond acceptors (Lipinski definition) is 5. The van der Waals surface area contributed by atoms with Crippen molar-refractivity contribution in [1.82, 2.24) is 10.1 Å². The van der Waals surface area contributed by atoms with Crippen LogP contribution in [0.3, 0.4) is 0 Å². The molecule has 2 rings (SSSR count). The molecule has 2 aromatic rings. The van der Waals surface area contributed by atoms with E-state index in [9.17, 15) is 4.79 Å². The van der Waals surface area contributed by atoms with Crippen molar-refractivity contribution in [1.29, 1.82) is 0 Å². The molecule has 0 fully saturated rings. The molecule has 0 saturated carbocycles. The Morgan fingerprint density at radius 2 is 1.94 bits per heavy atom. The summed E-state index contributed by atoms with van der Waals surface area (Å²) in [6.07, 6.45) is 0. The van der Waals surface area contributed by atoms with Crippen molar-refractivity contribution < 1.29 is 9.32 Å². The summed E-state index contributed by atoms with van der Waals surface area (Å²) in [5.74, 6) is 0.292. The minimum Gasteiger partial charge on any atom is -0.361 e. The van der Waals surface area contributed by atoms with E-state index >= 15 is 0 Å². The van der Waals surface area contributed by atoms with Crippen LogP contribution >= 0.6 is 11.3 Å². The molecule has 0 unspecified atom stereocenters. The third kappa shape index (κ3) is 2.21. The van der Waals surface area contributed by atoms with Gasteiger partial charge in [-0.1, -0.05) is 5.16 Å². The molecule has 6 heteroatoms. The zero-order valence-electron chi connectivity index (χ0n) is 10.1. The highest BCUT2D eigenvalue weighted by Crippen LogP contribution is 2.22. The van der Waals surface area contributed by atoms with Crippen LogP contribution in [0.2, 0.25) is 0 Å². The Balaban J connectivity index is 2.23. The minimum absolute atomic E-state index is 0.227. The summed E-state index contributed by atoms with van der Waals surface area (Å²) in [4.78, 5) is 17.3. The molecule has 0 aliphatic rings. The second-order valence-corrected chi connectivity index (χ2v) is 5.02. The maximum Gasteiger partial charge on any atom is 0.262 e. The van der Waals surface area contributed by atoms with E-state index in [0.29, 0.717) is 22.1 Å². The zero-order valence-corrected chi connectivity index (χ0v) is 10.9. The molecular weight excluding hydrogens is 238 g/mol. The smallest absolute Gasteiger partial charge is 0.262 e. The Labute approximate surface area is 103 Å². The number of aromatic nitrogens is 2. The number of anilines is 1. The third-order valence-electron chi connectivity index (χ3n) is 2.51. The van der Waals surface area contributed by atoms with Crippen LogP contribution in [0.1, 0.15) is 32.4 Å². The first-order valence-corrected chi connectivity index (χ1v) is 5.99. The van der Waals surface area contributed by atoms with Gasteiger partial charge in [0, 0.05) is 4.88 Å². The number of nitrogens with one attached hydrogen (secondary N) is 1. The molecule has 0 aliphatic heterocycles. The molecule has 1 amide bonds. The predicted molar refractivity (Wildman–Crippen MR) is 65.5 cm³/mol. The molecular formula is C11H13N3O2S. The largest absolute Gasteiger partial charge is 0.361 e. The molecule has 0 saturated heterocycles. The summed E-state index contributed by atoms with van der Waals surface area (Å²) in [6, 6.07) is 0. The normalized spacial score (nSPS) is 10.6. The standard InChI is InChI=1S/C11H13N3O2S/c1-5-8(4)17-11(12-5)13-10(15)9-6(2)14-16-7(9)3/h1-4H3,(H,12,13,15). The first kappa shape index (κ1) is 11.8. The van der Waals surface area contributed by atoms with Crippen LogP contribution in [0.15, 0.2) is 4.52 Å². The van der Waals surface area contributed by atoms with Crippen LogP contribution in [0.25, 0.3) is 0 Å². The van der Waals surface area contributed by atoms with E-state index in [1.165, 1.54) is 11.3 Å². The molecule has 0 radical (unpaired) electrons. The minimum atomic E-state index is -0.227. The molecule has 2 aromatic heterocycles. The number of hydrogen-bond donors (Lipinski definition) is 1. The first-order chi connectivity index (χ1) is 7.99. The van der Waals surface area contributed by atoms with Crippen LogP contribution in [-0.2, 0) is 0 Å². The molecule has 1 N–H and O–H groups in total. The van der Waals surface area contributed by atoms with Gasteiger partial charge in [-0.3, -0.25) is 10.1 Å². The van der Waals surface area contributed by atoms with Crippen LogP contribution < -0.4 is 5.32 Å². The lowest BCUT2D eigenvalue weighted by molar-refractivity contribution is 0.102. The van der Waals surface area contributed by atoms with Crippen LogP contribution in [0, 0.1) is 27.7 Å². The topological polar surface area (TPSA) is 68.0 Å². The molecule has 0 atom stereocenters.